The van der Waals surface area contributed by atoms with Gasteiger partial charge in [-0.3, -0.25) is 0 Å². The van der Waals surface area contributed by atoms with Crippen molar-refractivity contribution >= 4 is 0 Å². The lowest BCUT2D eigenvalue weighted by atomic mass is 10.0. The van der Waals surface area contributed by atoms with Crippen LogP contribution in [0.5, 0.6) is 0 Å². The summed E-state index contributed by atoms with van der Waals surface area (Å²) < 4.78 is 5.48. The summed E-state index contributed by atoms with van der Waals surface area (Å²) in [6.45, 7) is 8.32. The van der Waals surface area contributed by atoms with Crippen molar-refractivity contribution in [2.45, 2.75) is 45.3 Å². The molecule has 3 heteroatoms. The normalized spacial score (nSPS) is 25.4. The van der Waals surface area contributed by atoms with Crippen LogP contribution in [-0.2, 0) is 4.74 Å². The third-order valence-corrected chi connectivity index (χ3v) is 3.18. The molecule has 0 aromatic rings. The van der Waals surface area contributed by atoms with Crippen molar-refractivity contribution in [2.24, 2.45) is 0 Å². The van der Waals surface area contributed by atoms with Crippen LogP contribution in [0, 0.1) is 0 Å². The number of nitrogens with one attached hydrogen (secondary N) is 1. The number of likely N-dealkylation sites (tertiary alicyclic amines) is 1. The van der Waals surface area contributed by atoms with Gasteiger partial charge in [-0.2, -0.15) is 0 Å². The molecule has 0 aliphatic carbocycles. The van der Waals surface area contributed by atoms with Crippen LogP contribution in [0.15, 0.2) is 0 Å². The Hall–Kier alpha value is -0.120. The Labute approximate surface area is 94.2 Å². The Kier molecular flexibility index (Phi) is 6.22. The topological polar surface area (TPSA) is 24.5 Å². The van der Waals surface area contributed by atoms with E-state index in [-0.39, 0.29) is 0 Å². The number of nitrogens with zero attached hydrogens (tertiary/aromatic N) is 1. The van der Waals surface area contributed by atoms with E-state index in [2.05, 4.69) is 24.2 Å². The molecule has 0 saturated carbocycles. The van der Waals surface area contributed by atoms with Gasteiger partial charge in [0.2, 0.25) is 0 Å². The van der Waals surface area contributed by atoms with Gasteiger partial charge in [0, 0.05) is 25.7 Å². The molecule has 1 fully saturated rings. The van der Waals surface area contributed by atoms with Gasteiger partial charge in [0.15, 0.2) is 0 Å². The van der Waals surface area contributed by atoms with Crippen molar-refractivity contribution in [1.82, 2.24) is 10.2 Å². The van der Waals surface area contributed by atoms with E-state index < -0.39 is 0 Å². The van der Waals surface area contributed by atoms with Crippen LogP contribution in [0.3, 0.4) is 0 Å². The molecular formula is C12H26N2O. The van der Waals surface area contributed by atoms with Crippen LogP contribution in [0.4, 0.5) is 0 Å². The second kappa shape index (κ2) is 7.20. The average Bonchev–Trinajstić information content (AvgIpc) is 2.21. The minimum atomic E-state index is 0.337. The maximum absolute atomic E-state index is 5.48. The summed E-state index contributed by atoms with van der Waals surface area (Å²) in [5.41, 5.74) is 0. The summed E-state index contributed by atoms with van der Waals surface area (Å²) in [6, 6.07) is 0.729. The number of rotatable bonds is 6. The van der Waals surface area contributed by atoms with E-state index in [0.717, 1.165) is 25.7 Å². The fourth-order valence-electron chi connectivity index (χ4n) is 2.20. The molecule has 2 atom stereocenters. The molecule has 0 spiro atoms. The van der Waals surface area contributed by atoms with E-state index in [1.165, 1.54) is 25.8 Å². The van der Waals surface area contributed by atoms with Crippen LogP contribution in [0.25, 0.3) is 0 Å². The minimum Gasteiger partial charge on any atom is -0.377 e. The molecular weight excluding hydrogens is 188 g/mol. The summed E-state index contributed by atoms with van der Waals surface area (Å²) >= 11 is 0. The van der Waals surface area contributed by atoms with Crippen LogP contribution in [0.1, 0.15) is 33.1 Å². The van der Waals surface area contributed by atoms with Crippen molar-refractivity contribution in [3.63, 3.8) is 0 Å². The predicted octanol–water partition coefficient (Wildman–Crippen LogP) is 1.49. The van der Waals surface area contributed by atoms with Gasteiger partial charge in [0.1, 0.15) is 0 Å². The lowest BCUT2D eigenvalue weighted by Crippen LogP contribution is -2.44. The standard InChI is InChI=1S/C12H26N2O/c1-4-15-11(2)9-13-10-12-7-5-6-8-14(12)3/h11-13H,4-10H2,1-3H3. The summed E-state index contributed by atoms with van der Waals surface area (Å²) in [5.74, 6) is 0. The largest absolute Gasteiger partial charge is 0.377 e. The first kappa shape index (κ1) is 12.9. The zero-order valence-electron chi connectivity index (χ0n) is 10.5. The van der Waals surface area contributed by atoms with Crippen LogP contribution in [-0.4, -0.2) is 50.3 Å². The smallest absolute Gasteiger partial charge is 0.0671 e. The van der Waals surface area contributed by atoms with Gasteiger partial charge in [-0.1, -0.05) is 6.42 Å². The van der Waals surface area contributed by atoms with Gasteiger partial charge >= 0.3 is 0 Å². The SMILES string of the molecule is CCOC(C)CNCC1CCCCN1C. The second-order valence-corrected chi connectivity index (χ2v) is 4.55. The summed E-state index contributed by atoms with van der Waals surface area (Å²) in [4.78, 5) is 2.47. The summed E-state index contributed by atoms with van der Waals surface area (Å²) in [6.07, 6.45) is 4.43. The number of hydrogen-bond donors (Lipinski definition) is 1. The van der Waals surface area contributed by atoms with Crippen LogP contribution in [0.2, 0.25) is 0 Å². The first-order valence-corrected chi connectivity index (χ1v) is 6.26. The zero-order valence-corrected chi connectivity index (χ0v) is 10.5. The molecule has 90 valence electrons. The Morgan fingerprint density at radius 1 is 1.47 bits per heavy atom. The highest BCUT2D eigenvalue weighted by Gasteiger charge is 2.18. The number of piperidine rings is 1. The Bertz CT molecular complexity index is 164. The lowest BCUT2D eigenvalue weighted by molar-refractivity contribution is 0.0735. The predicted molar refractivity (Wildman–Crippen MR) is 64.2 cm³/mol. The van der Waals surface area contributed by atoms with Crippen LogP contribution >= 0.6 is 0 Å². The van der Waals surface area contributed by atoms with Crippen LogP contribution < -0.4 is 5.32 Å². The van der Waals surface area contributed by atoms with Gasteiger partial charge in [-0.15, -0.1) is 0 Å². The fraction of sp³-hybridized carbons (Fsp3) is 1.00. The Morgan fingerprint density at radius 3 is 2.93 bits per heavy atom. The molecule has 0 aromatic heterocycles. The molecule has 0 amide bonds. The van der Waals surface area contributed by atoms with Crippen molar-refractivity contribution in [2.75, 3.05) is 33.3 Å². The molecule has 1 N–H and O–H groups in total. The van der Waals surface area contributed by atoms with E-state index in [4.69, 9.17) is 4.74 Å². The van der Waals surface area contributed by atoms with Gasteiger partial charge in [0.05, 0.1) is 6.10 Å². The fourth-order valence-corrected chi connectivity index (χ4v) is 2.20. The van der Waals surface area contributed by atoms with Gasteiger partial charge in [-0.25, -0.2) is 0 Å². The monoisotopic (exact) mass is 214 g/mol. The molecule has 0 aromatic carbocycles. The maximum Gasteiger partial charge on any atom is 0.0671 e. The maximum atomic E-state index is 5.48. The number of likely N-dealkylation sites (N-methyl/N-ethyl adjacent to an activating group) is 1. The van der Waals surface area contributed by atoms with E-state index in [1.807, 2.05) is 6.92 Å². The Morgan fingerprint density at radius 2 is 2.27 bits per heavy atom. The second-order valence-electron chi connectivity index (χ2n) is 4.55. The molecule has 0 bridgehead atoms. The van der Waals surface area contributed by atoms with Crippen molar-refractivity contribution < 1.29 is 4.74 Å². The average molecular weight is 214 g/mol. The molecule has 1 aliphatic heterocycles. The number of ether oxygens (including phenoxy) is 1. The van der Waals surface area contributed by atoms with Gasteiger partial charge < -0.3 is 15.0 Å². The highest BCUT2D eigenvalue weighted by molar-refractivity contribution is 4.76. The first-order valence-electron chi connectivity index (χ1n) is 6.26. The molecule has 3 nitrogen and oxygen atoms in total. The van der Waals surface area contributed by atoms with E-state index >= 15 is 0 Å². The molecule has 15 heavy (non-hydrogen) atoms. The molecule has 1 rings (SSSR count). The van der Waals surface area contributed by atoms with Crippen molar-refractivity contribution in [1.29, 1.82) is 0 Å². The molecule has 0 radical (unpaired) electrons. The number of hydrogen-bond acceptors (Lipinski definition) is 3. The quantitative estimate of drug-likeness (QED) is 0.725. The van der Waals surface area contributed by atoms with E-state index in [1.54, 1.807) is 0 Å². The third kappa shape index (κ3) is 4.96. The van der Waals surface area contributed by atoms with Gasteiger partial charge in [0.25, 0.3) is 0 Å². The molecule has 1 heterocycles. The summed E-state index contributed by atoms with van der Waals surface area (Å²) in [5, 5.41) is 3.50. The third-order valence-electron chi connectivity index (χ3n) is 3.18. The van der Waals surface area contributed by atoms with Crippen molar-refractivity contribution in [3.05, 3.63) is 0 Å². The van der Waals surface area contributed by atoms with E-state index in [9.17, 15) is 0 Å². The lowest BCUT2D eigenvalue weighted by Gasteiger charge is -2.32. The molecule has 1 saturated heterocycles. The molecule has 2 unspecified atom stereocenters. The zero-order chi connectivity index (χ0) is 11.1. The Balaban J connectivity index is 2.08. The van der Waals surface area contributed by atoms with E-state index in [0.29, 0.717) is 6.10 Å². The van der Waals surface area contributed by atoms with Crippen molar-refractivity contribution in [3.8, 4) is 0 Å². The highest BCUT2D eigenvalue weighted by Crippen LogP contribution is 2.13. The minimum absolute atomic E-state index is 0.337. The first-order chi connectivity index (χ1) is 7.24. The summed E-state index contributed by atoms with van der Waals surface area (Å²) in [7, 11) is 2.23. The highest BCUT2D eigenvalue weighted by atomic mass is 16.5. The molecule has 1 aliphatic rings. The van der Waals surface area contributed by atoms with Gasteiger partial charge in [-0.05, 0) is 40.3 Å².